The molecule has 2 rings (SSSR count). The number of nitrogens with zero attached hydrogens (tertiary/aromatic N) is 3. The molecule has 0 bridgehead atoms. The highest BCUT2D eigenvalue weighted by Crippen LogP contribution is 2.25. The quantitative estimate of drug-likeness (QED) is 0.836. The first-order chi connectivity index (χ1) is 7.70. The van der Waals surface area contributed by atoms with Gasteiger partial charge in [0.2, 0.25) is 0 Å². The fourth-order valence-electron chi connectivity index (χ4n) is 2.18. The fourth-order valence-corrected chi connectivity index (χ4v) is 2.18. The van der Waals surface area contributed by atoms with E-state index in [4.69, 9.17) is 9.63 Å². The van der Waals surface area contributed by atoms with Crippen molar-refractivity contribution in [3.8, 4) is 0 Å². The van der Waals surface area contributed by atoms with E-state index in [0.717, 1.165) is 25.3 Å². The lowest BCUT2D eigenvalue weighted by molar-refractivity contribution is 0.163. The molecule has 0 radical (unpaired) electrons. The second kappa shape index (κ2) is 4.93. The van der Waals surface area contributed by atoms with E-state index in [1.165, 1.54) is 6.42 Å². The van der Waals surface area contributed by atoms with Crippen LogP contribution in [0.5, 0.6) is 0 Å². The first kappa shape index (κ1) is 11.5. The number of piperidine rings is 1. The van der Waals surface area contributed by atoms with Crippen molar-refractivity contribution in [2.75, 3.05) is 13.1 Å². The largest absolute Gasteiger partial charge is 0.387 e. The normalized spacial score (nSPS) is 22.9. The van der Waals surface area contributed by atoms with Gasteiger partial charge in [0, 0.05) is 18.5 Å². The molecule has 1 aliphatic heterocycles. The Morgan fingerprint density at radius 3 is 3.00 bits per heavy atom. The molecule has 0 aromatic carbocycles. The Labute approximate surface area is 95.4 Å². The highest BCUT2D eigenvalue weighted by molar-refractivity contribution is 4.98. The van der Waals surface area contributed by atoms with Crippen LogP contribution in [0, 0.1) is 0 Å². The minimum atomic E-state index is -0.173. The van der Waals surface area contributed by atoms with E-state index in [2.05, 4.69) is 28.9 Å². The minimum Gasteiger partial charge on any atom is -0.387 e. The zero-order valence-electron chi connectivity index (χ0n) is 9.89. The highest BCUT2D eigenvalue weighted by Gasteiger charge is 2.26. The van der Waals surface area contributed by atoms with E-state index in [-0.39, 0.29) is 6.61 Å². The summed E-state index contributed by atoms with van der Waals surface area (Å²) in [6.45, 7) is 6.38. The summed E-state index contributed by atoms with van der Waals surface area (Å²) >= 11 is 0. The van der Waals surface area contributed by atoms with Crippen molar-refractivity contribution in [1.82, 2.24) is 15.0 Å². The van der Waals surface area contributed by atoms with Crippen molar-refractivity contribution >= 4 is 0 Å². The topological polar surface area (TPSA) is 62.4 Å². The third kappa shape index (κ3) is 2.41. The van der Waals surface area contributed by atoms with Gasteiger partial charge in [-0.25, -0.2) is 0 Å². The molecule has 16 heavy (non-hydrogen) atoms. The number of rotatable bonds is 3. The lowest BCUT2D eigenvalue weighted by Crippen LogP contribution is -2.39. The molecule has 1 aliphatic rings. The van der Waals surface area contributed by atoms with Gasteiger partial charge < -0.3 is 14.5 Å². The molecule has 0 spiro atoms. The van der Waals surface area contributed by atoms with Crippen molar-refractivity contribution < 1.29 is 9.63 Å². The molecule has 5 nitrogen and oxygen atoms in total. The average molecular weight is 225 g/mol. The van der Waals surface area contributed by atoms with Crippen molar-refractivity contribution in [1.29, 1.82) is 0 Å². The molecule has 1 fully saturated rings. The fraction of sp³-hybridized carbons (Fsp3) is 0.818. The maximum absolute atomic E-state index is 8.88. The predicted molar refractivity (Wildman–Crippen MR) is 58.9 cm³/mol. The summed E-state index contributed by atoms with van der Waals surface area (Å²) in [6, 6.07) is 0.562. The van der Waals surface area contributed by atoms with E-state index >= 15 is 0 Å². The molecule has 2 heterocycles. The summed E-state index contributed by atoms with van der Waals surface area (Å²) < 4.78 is 4.93. The molecule has 1 saturated heterocycles. The average Bonchev–Trinajstić information content (AvgIpc) is 2.77. The van der Waals surface area contributed by atoms with Gasteiger partial charge >= 0.3 is 0 Å². The Bertz CT molecular complexity index is 338. The Morgan fingerprint density at radius 1 is 1.56 bits per heavy atom. The minimum absolute atomic E-state index is 0.173. The molecule has 0 saturated carbocycles. The number of likely N-dealkylation sites (tertiary alicyclic amines) is 1. The van der Waals surface area contributed by atoms with E-state index in [1.54, 1.807) is 0 Å². The molecule has 1 atom stereocenters. The number of aliphatic hydroxyl groups is 1. The van der Waals surface area contributed by atoms with Crippen LogP contribution in [0.4, 0.5) is 0 Å². The van der Waals surface area contributed by atoms with Gasteiger partial charge in [0.15, 0.2) is 5.82 Å². The molecule has 1 unspecified atom stereocenters. The standard InChI is InChI=1S/C11H19N3O2/c1-8(2)14-5-3-4-9(6-14)11-12-10(7-15)16-13-11/h8-9,15H,3-7H2,1-2H3. The smallest absolute Gasteiger partial charge is 0.252 e. The van der Waals surface area contributed by atoms with E-state index in [1.807, 2.05) is 0 Å². The second-order valence-corrected chi connectivity index (χ2v) is 4.63. The zero-order valence-corrected chi connectivity index (χ0v) is 9.89. The summed E-state index contributed by atoms with van der Waals surface area (Å²) in [6.07, 6.45) is 2.28. The maximum atomic E-state index is 8.88. The number of aromatic nitrogens is 2. The number of hydrogen-bond donors (Lipinski definition) is 1. The molecule has 1 N–H and O–H groups in total. The number of aliphatic hydroxyl groups excluding tert-OH is 1. The Morgan fingerprint density at radius 2 is 2.38 bits per heavy atom. The second-order valence-electron chi connectivity index (χ2n) is 4.63. The van der Waals surface area contributed by atoms with Gasteiger partial charge in [-0.15, -0.1) is 0 Å². The number of hydrogen-bond acceptors (Lipinski definition) is 5. The molecule has 0 amide bonds. The third-order valence-corrected chi connectivity index (χ3v) is 3.17. The van der Waals surface area contributed by atoms with Crippen LogP contribution in [0.3, 0.4) is 0 Å². The first-order valence-electron chi connectivity index (χ1n) is 5.88. The van der Waals surface area contributed by atoms with Gasteiger partial charge in [-0.3, -0.25) is 0 Å². The van der Waals surface area contributed by atoms with Crippen molar-refractivity contribution in [3.63, 3.8) is 0 Å². The van der Waals surface area contributed by atoms with Gasteiger partial charge in [-0.1, -0.05) is 5.16 Å². The summed E-state index contributed by atoms with van der Waals surface area (Å²) in [5, 5.41) is 12.8. The van der Waals surface area contributed by atoms with Crippen LogP contribution in [0.2, 0.25) is 0 Å². The van der Waals surface area contributed by atoms with Crippen LogP contribution in [-0.4, -0.2) is 39.3 Å². The molecule has 5 heteroatoms. The van der Waals surface area contributed by atoms with Crippen molar-refractivity contribution in [2.45, 2.75) is 45.3 Å². The third-order valence-electron chi connectivity index (χ3n) is 3.17. The van der Waals surface area contributed by atoms with Crippen LogP contribution in [-0.2, 0) is 6.61 Å². The molecular formula is C11H19N3O2. The lowest BCUT2D eigenvalue weighted by Gasteiger charge is -2.34. The molecule has 90 valence electrons. The SMILES string of the molecule is CC(C)N1CCCC(c2noc(CO)n2)C1. The Hall–Kier alpha value is -0.940. The molecule has 0 aliphatic carbocycles. The van der Waals surface area contributed by atoms with E-state index in [0.29, 0.717) is 17.9 Å². The van der Waals surface area contributed by atoms with Crippen LogP contribution in [0.1, 0.15) is 44.3 Å². The Kier molecular flexibility index (Phi) is 3.56. The first-order valence-corrected chi connectivity index (χ1v) is 5.88. The van der Waals surface area contributed by atoms with Gasteiger partial charge in [-0.2, -0.15) is 4.98 Å². The van der Waals surface area contributed by atoms with Gasteiger partial charge in [0.1, 0.15) is 6.61 Å². The van der Waals surface area contributed by atoms with Crippen molar-refractivity contribution in [3.05, 3.63) is 11.7 Å². The summed E-state index contributed by atoms with van der Waals surface area (Å²) in [5.74, 6) is 1.41. The van der Waals surface area contributed by atoms with Crippen LogP contribution >= 0.6 is 0 Å². The molecular weight excluding hydrogens is 206 g/mol. The summed E-state index contributed by atoms with van der Waals surface area (Å²) in [4.78, 5) is 6.63. The lowest BCUT2D eigenvalue weighted by atomic mass is 9.96. The van der Waals surface area contributed by atoms with Gasteiger partial charge in [-0.05, 0) is 33.2 Å². The molecule has 1 aromatic heterocycles. The van der Waals surface area contributed by atoms with E-state index in [9.17, 15) is 0 Å². The summed E-state index contributed by atoms with van der Waals surface area (Å²) in [7, 11) is 0. The highest BCUT2D eigenvalue weighted by atomic mass is 16.5. The van der Waals surface area contributed by atoms with Crippen molar-refractivity contribution in [2.24, 2.45) is 0 Å². The van der Waals surface area contributed by atoms with Crippen LogP contribution < -0.4 is 0 Å². The summed E-state index contributed by atoms with van der Waals surface area (Å²) in [5.41, 5.74) is 0. The Balaban J connectivity index is 2.03. The predicted octanol–water partition coefficient (Wildman–Crippen LogP) is 1.15. The van der Waals surface area contributed by atoms with Gasteiger partial charge in [0.05, 0.1) is 0 Å². The molecule has 1 aromatic rings. The van der Waals surface area contributed by atoms with Crippen LogP contribution in [0.15, 0.2) is 4.52 Å². The van der Waals surface area contributed by atoms with Crippen LogP contribution in [0.25, 0.3) is 0 Å². The van der Waals surface area contributed by atoms with Gasteiger partial charge in [0.25, 0.3) is 5.89 Å². The monoisotopic (exact) mass is 225 g/mol. The zero-order chi connectivity index (χ0) is 11.5. The maximum Gasteiger partial charge on any atom is 0.252 e. The van der Waals surface area contributed by atoms with E-state index < -0.39 is 0 Å².